The molecule has 0 saturated carbocycles. The van der Waals surface area contributed by atoms with Crippen LogP contribution in [-0.4, -0.2) is 19.6 Å². The fourth-order valence-electron chi connectivity index (χ4n) is 1.94. The highest BCUT2D eigenvalue weighted by molar-refractivity contribution is 6.31. The highest BCUT2D eigenvalue weighted by Gasteiger charge is 2.33. The molecular formula is C16H14ClF3N2O2. The van der Waals surface area contributed by atoms with Gasteiger partial charge in [0.1, 0.15) is 5.75 Å². The van der Waals surface area contributed by atoms with Gasteiger partial charge in [0, 0.05) is 17.4 Å². The van der Waals surface area contributed by atoms with Gasteiger partial charge in [-0.05, 0) is 30.3 Å². The van der Waals surface area contributed by atoms with Gasteiger partial charge >= 0.3 is 6.18 Å². The Morgan fingerprint density at radius 2 is 1.92 bits per heavy atom. The van der Waals surface area contributed by atoms with E-state index in [9.17, 15) is 18.0 Å². The Labute approximate surface area is 141 Å². The zero-order valence-electron chi connectivity index (χ0n) is 12.6. The molecule has 0 bridgehead atoms. The molecule has 2 N–H and O–H groups in total. The first-order valence-electron chi connectivity index (χ1n) is 6.84. The van der Waals surface area contributed by atoms with Crippen molar-refractivity contribution in [3.63, 3.8) is 0 Å². The second-order valence-electron chi connectivity index (χ2n) is 4.83. The first-order chi connectivity index (χ1) is 11.3. The van der Waals surface area contributed by atoms with Crippen LogP contribution in [0.25, 0.3) is 0 Å². The van der Waals surface area contributed by atoms with Crippen LogP contribution >= 0.6 is 11.6 Å². The average Bonchev–Trinajstić information content (AvgIpc) is 2.54. The first kappa shape index (κ1) is 17.9. The van der Waals surface area contributed by atoms with E-state index in [-0.39, 0.29) is 12.2 Å². The number of hydrogen-bond acceptors (Lipinski definition) is 3. The zero-order chi connectivity index (χ0) is 17.7. The van der Waals surface area contributed by atoms with E-state index in [1.54, 1.807) is 24.3 Å². The van der Waals surface area contributed by atoms with E-state index in [4.69, 9.17) is 16.3 Å². The van der Waals surface area contributed by atoms with Crippen molar-refractivity contribution < 1.29 is 22.7 Å². The number of methoxy groups -OCH3 is 1. The molecule has 2 aromatic rings. The van der Waals surface area contributed by atoms with E-state index >= 15 is 0 Å². The number of benzene rings is 2. The van der Waals surface area contributed by atoms with Crippen LogP contribution in [0.1, 0.15) is 5.56 Å². The predicted octanol–water partition coefficient (Wildman–Crippen LogP) is 4.42. The smallest absolute Gasteiger partial charge is 0.417 e. The summed E-state index contributed by atoms with van der Waals surface area (Å²) in [7, 11) is 1.52. The Hall–Kier alpha value is -2.41. The summed E-state index contributed by atoms with van der Waals surface area (Å²) in [6.45, 7) is -0.114. The van der Waals surface area contributed by atoms with Gasteiger partial charge in [-0.3, -0.25) is 4.79 Å². The number of ether oxygens (including phenoxy) is 1. The molecule has 0 atom stereocenters. The maximum Gasteiger partial charge on any atom is 0.417 e. The van der Waals surface area contributed by atoms with Crippen molar-refractivity contribution in [1.29, 1.82) is 0 Å². The molecule has 2 aromatic carbocycles. The van der Waals surface area contributed by atoms with Gasteiger partial charge in [-0.25, -0.2) is 0 Å². The summed E-state index contributed by atoms with van der Waals surface area (Å²) in [4.78, 5) is 11.9. The van der Waals surface area contributed by atoms with Crippen molar-refractivity contribution in [2.24, 2.45) is 0 Å². The van der Waals surface area contributed by atoms with E-state index < -0.39 is 22.7 Å². The number of nitrogens with one attached hydrogen (secondary N) is 2. The number of carbonyl (C=O) groups excluding carboxylic acids is 1. The fourth-order valence-corrected chi connectivity index (χ4v) is 2.17. The van der Waals surface area contributed by atoms with E-state index in [1.165, 1.54) is 13.2 Å². The molecule has 4 nitrogen and oxygen atoms in total. The number of anilines is 2. The quantitative estimate of drug-likeness (QED) is 0.832. The van der Waals surface area contributed by atoms with Gasteiger partial charge in [0.15, 0.2) is 0 Å². The largest absolute Gasteiger partial charge is 0.497 e. The molecule has 8 heteroatoms. The van der Waals surface area contributed by atoms with Crippen LogP contribution < -0.4 is 15.4 Å². The van der Waals surface area contributed by atoms with Crippen molar-refractivity contribution in [1.82, 2.24) is 0 Å². The molecular weight excluding hydrogens is 345 g/mol. The molecule has 0 aromatic heterocycles. The highest BCUT2D eigenvalue weighted by atomic mass is 35.5. The van der Waals surface area contributed by atoms with Gasteiger partial charge in [-0.15, -0.1) is 0 Å². The summed E-state index contributed by atoms with van der Waals surface area (Å²) >= 11 is 5.53. The van der Waals surface area contributed by atoms with Gasteiger partial charge in [-0.1, -0.05) is 17.7 Å². The minimum absolute atomic E-state index is 0.0177. The van der Waals surface area contributed by atoms with Crippen molar-refractivity contribution in [2.45, 2.75) is 6.18 Å². The minimum atomic E-state index is -4.59. The fraction of sp³-hybridized carbons (Fsp3) is 0.188. The number of rotatable bonds is 5. The SMILES string of the molecule is COc1cccc(NCC(=O)Nc2ccc(Cl)c(C(F)(F)F)c2)c1. The lowest BCUT2D eigenvalue weighted by atomic mass is 10.2. The number of amides is 1. The van der Waals surface area contributed by atoms with E-state index in [2.05, 4.69) is 10.6 Å². The van der Waals surface area contributed by atoms with Crippen LogP contribution in [0.4, 0.5) is 24.5 Å². The Morgan fingerprint density at radius 1 is 1.17 bits per heavy atom. The Bertz CT molecular complexity index is 736. The van der Waals surface area contributed by atoms with Crippen LogP contribution in [0.5, 0.6) is 5.75 Å². The molecule has 0 aliphatic heterocycles. The molecule has 0 spiro atoms. The summed E-state index contributed by atoms with van der Waals surface area (Å²) in [6, 6.07) is 10.1. The Kier molecular flexibility index (Phi) is 5.56. The number of carbonyl (C=O) groups is 1. The van der Waals surface area contributed by atoms with Crippen molar-refractivity contribution in [3.05, 3.63) is 53.1 Å². The van der Waals surface area contributed by atoms with Crippen LogP contribution in [0.2, 0.25) is 5.02 Å². The van der Waals surface area contributed by atoms with Crippen LogP contribution in [0.15, 0.2) is 42.5 Å². The molecule has 0 aliphatic rings. The van der Waals surface area contributed by atoms with Crippen molar-refractivity contribution in [2.75, 3.05) is 24.3 Å². The standard InChI is InChI=1S/C16H14ClF3N2O2/c1-24-12-4-2-3-10(7-12)21-9-15(23)22-11-5-6-14(17)13(8-11)16(18,19)20/h2-8,21H,9H2,1H3,(H,22,23). The number of alkyl halides is 3. The highest BCUT2D eigenvalue weighted by Crippen LogP contribution is 2.36. The normalized spacial score (nSPS) is 11.0. The summed E-state index contributed by atoms with van der Waals surface area (Å²) in [5.74, 6) is 0.126. The second kappa shape index (κ2) is 7.44. The van der Waals surface area contributed by atoms with E-state index in [0.29, 0.717) is 11.4 Å². The third-order valence-electron chi connectivity index (χ3n) is 3.08. The predicted molar refractivity (Wildman–Crippen MR) is 86.6 cm³/mol. The lowest BCUT2D eigenvalue weighted by molar-refractivity contribution is -0.137. The van der Waals surface area contributed by atoms with Gasteiger partial charge in [0.2, 0.25) is 5.91 Å². The van der Waals surface area contributed by atoms with Gasteiger partial charge < -0.3 is 15.4 Å². The third kappa shape index (κ3) is 4.79. The minimum Gasteiger partial charge on any atom is -0.497 e. The van der Waals surface area contributed by atoms with Crippen LogP contribution in [-0.2, 0) is 11.0 Å². The molecule has 0 aliphatic carbocycles. The second-order valence-corrected chi connectivity index (χ2v) is 5.23. The molecule has 0 unspecified atom stereocenters. The monoisotopic (exact) mass is 358 g/mol. The summed E-state index contributed by atoms with van der Waals surface area (Å²) in [5, 5.41) is 4.82. The third-order valence-corrected chi connectivity index (χ3v) is 3.41. The van der Waals surface area contributed by atoms with Gasteiger partial charge in [0.25, 0.3) is 0 Å². The van der Waals surface area contributed by atoms with Crippen LogP contribution in [0.3, 0.4) is 0 Å². The molecule has 2 rings (SSSR count). The molecule has 0 radical (unpaired) electrons. The van der Waals surface area contributed by atoms with Crippen molar-refractivity contribution >= 4 is 28.9 Å². The number of halogens is 4. The van der Waals surface area contributed by atoms with Gasteiger partial charge in [0.05, 0.1) is 24.2 Å². The molecule has 0 saturated heterocycles. The van der Waals surface area contributed by atoms with Crippen molar-refractivity contribution in [3.8, 4) is 5.75 Å². The lowest BCUT2D eigenvalue weighted by Crippen LogP contribution is -2.22. The maximum absolute atomic E-state index is 12.8. The van der Waals surface area contributed by atoms with Gasteiger partial charge in [-0.2, -0.15) is 13.2 Å². The zero-order valence-corrected chi connectivity index (χ0v) is 13.3. The van der Waals surface area contributed by atoms with E-state index in [1.807, 2.05) is 0 Å². The first-order valence-corrected chi connectivity index (χ1v) is 7.22. The molecule has 1 amide bonds. The number of hydrogen-bond donors (Lipinski definition) is 2. The summed E-state index contributed by atoms with van der Waals surface area (Å²) < 4.78 is 43.4. The molecule has 128 valence electrons. The molecule has 24 heavy (non-hydrogen) atoms. The lowest BCUT2D eigenvalue weighted by Gasteiger charge is -2.12. The summed E-state index contributed by atoms with van der Waals surface area (Å²) in [6.07, 6.45) is -4.59. The maximum atomic E-state index is 12.8. The molecule has 0 heterocycles. The topological polar surface area (TPSA) is 50.4 Å². The van der Waals surface area contributed by atoms with Crippen LogP contribution in [0, 0.1) is 0 Å². The molecule has 0 fully saturated rings. The van der Waals surface area contributed by atoms with E-state index in [0.717, 1.165) is 12.1 Å². The Morgan fingerprint density at radius 3 is 2.58 bits per heavy atom. The average molecular weight is 359 g/mol. The Balaban J connectivity index is 1.99. The summed E-state index contributed by atoms with van der Waals surface area (Å²) in [5.41, 5.74) is -0.330.